The van der Waals surface area contributed by atoms with Gasteiger partial charge in [-0.25, -0.2) is 4.83 Å². The Labute approximate surface area is 122 Å². The highest BCUT2D eigenvalue weighted by Gasteiger charge is 2.11. The highest BCUT2D eigenvalue weighted by molar-refractivity contribution is 7.89. The lowest BCUT2D eigenvalue weighted by atomic mass is 10.2. The van der Waals surface area contributed by atoms with E-state index in [-0.39, 0.29) is 22.0 Å². The molecule has 0 fully saturated rings. The van der Waals surface area contributed by atoms with Gasteiger partial charge in [0, 0.05) is 5.56 Å². The fraction of sp³-hybridized carbons (Fsp3) is 0.0714. The Balaban J connectivity index is 2.16. The normalized spacial score (nSPS) is 11.7. The van der Waals surface area contributed by atoms with E-state index in [1.165, 1.54) is 30.3 Å². The standard InChI is InChI=1S/C14H14N2O4S/c1-10-2-5-13(6-3-10)21(19,20)16-15-9-11-8-12(17)4-7-14(11)18/h2-9,16-18H,1H3/b15-9+. The molecular formula is C14H14N2O4S. The molecule has 0 atom stereocenters. The zero-order valence-corrected chi connectivity index (χ0v) is 12.0. The first-order valence-corrected chi connectivity index (χ1v) is 7.50. The van der Waals surface area contributed by atoms with Crippen molar-refractivity contribution in [2.45, 2.75) is 11.8 Å². The molecule has 0 heterocycles. The van der Waals surface area contributed by atoms with Gasteiger partial charge in [0.15, 0.2) is 0 Å². The van der Waals surface area contributed by atoms with E-state index in [9.17, 15) is 18.6 Å². The lowest BCUT2D eigenvalue weighted by molar-refractivity contribution is 0.459. The number of aromatic hydroxyl groups is 2. The number of sulfonamides is 1. The molecule has 6 nitrogen and oxygen atoms in total. The number of benzene rings is 2. The van der Waals surface area contributed by atoms with Crippen LogP contribution in [0.2, 0.25) is 0 Å². The average molecular weight is 306 g/mol. The third-order valence-corrected chi connectivity index (χ3v) is 3.96. The van der Waals surface area contributed by atoms with E-state index in [2.05, 4.69) is 5.10 Å². The summed E-state index contributed by atoms with van der Waals surface area (Å²) in [5.74, 6) is -0.179. The van der Waals surface area contributed by atoms with Gasteiger partial charge in [0.25, 0.3) is 10.0 Å². The second kappa shape index (κ2) is 5.84. The van der Waals surface area contributed by atoms with E-state index >= 15 is 0 Å². The van der Waals surface area contributed by atoms with Crippen molar-refractivity contribution < 1.29 is 18.6 Å². The van der Waals surface area contributed by atoms with Crippen LogP contribution < -0.4 is 4.83 Å². The Morgan fingerprint density at radius 3 is 2.43 bits per heavy atom. The van der Waals surface area contributed by atoms with E-state index in [4.69, 9.17) is 0 Å². The summed E-state index contributed by atoms with van der Waals surface area (Å²) in [6, 6.07) is 10.2. The molecule has 0 spiro atoms. The van der Waals surface area contributed by atoms with Crippen molar-refractivity contribution in [1.82, 2.24) is 4.83 Å². The van der Waals surface area contributed by atoms with E-state index in [0.717, 1.165) is 11.8 Å². The van der Waals surface area contributed by atoms with Gasteiger partial charge in [-0.05, 0) is 37.3 Å². The van der Waals surface area contributed by atoms with E-state index in [1.807, 2.05) is 11.8 Å². The molecule has 0 aliphatic carbocycles. The summed E-state index contributed by atoms with van der Waals surface area (Å²) in [7, 11) is -3.76. The molecule has 0 saturated heterocycles. The van der Waals surface area contributed by atoms with Gasteiger partial charge in [0.2, 0.25) is 0 Å². The van der Waals surface area contributed by atoms with Crippen molar-refractivity contribution in [1.29, 1.82) is 0 Å². The molecule has 2 aromatic rings. The van der Waals surface area contributed by atoms with Crippen LogP contribution in [-0.4, -0.2) is 24.8 Å². The Morgan fingerprint density at radius 2 is 1.76 bits per heavy atom. The van der Waals surface area contributed by atoms with Crippen LogP contribution in [-0.2, 0) is 10.0 Å². The Bertz CT molecular complexity index is 768. The molecule has 0 bridgehead atoms. The summed E-state index contributed by atoms with van der Waals surface area (Å²) in [5.41, 5.74) is 1.14. The quantitative estimate of drug-likeness (QED) is 0.455. The largest absolute Gasteiger partial charge is 0.508 e. The molecule has 0 saturated carbocycles. The monoisotopic (exact) mass is 306 g/mol. The Hall–Kier alpha value is -2.54. The van der Waals surface area contributed by atoms with Crippen molar-refractivity contribution >= 4 is 16.2 Å². The van der Waals surface area contributed by atoms with Gasteiger partial charge in [-0.2, -0.15) is 13.5 Å². The minimum atomic E-state index is -3.76. The van der Waals surface area contributed by atoms with Crippen LogP contribution >= 0.6 is 0 Å². The molecule has 2 aromatic carbocycles. The highest BCUT2D eigenvalue weighted by atomic mass is 32.2. The third-order valence-electron chi connectivity index (χ3n) is 2.72. The molecule has 0 aliphatic heterocycles. The summed E-state index contributed by atoms with van der Waals surface area (Å²) in [6.07, 6.45) is 1.11. The van der Waals surface area contributed by atoms with Crippen LogP contribution in [0.25, 0.3) is 0 Å². The summed E-state index contributed by atoms with van der Waals surface area (Å²) < 4.78 is 23.9. The number of nitrogens with one attached hydrogen (secondary N) is 1. The van der Waals surface area contributed by atoms with E-state index < -0.39 is 10.0 Å². The minimum Gasteiger partial charge on any atom is -0.508 e. The predicted molar refractivity (Wildman–Crippen MR) is 78.9 cm³/mol. The van der Waals surface area contributed by atoms with Gasteiger partial charge in [0.05, 0.1) is 11.1 Å². The smallest absolute Gasteiger partial charge is 0.276 e. The fourth-order valence-electron chi connectivity index (χ4n) is 1.58. The van der Waals surface area contributed by atoms with E-state index in [1.54, 1.807) is 12.1 Å². The lowest BCUT2D eigenvalue weighted by Crippen LogP contribution is -2.18. The molecule has 0 aromatic heterocycles. The lowest BCUT2D eigenvalue weighted by Gasteiger charge is -2.04. The molecule has 2 rings (SSSR count). The van der Waals surface area contributed by atoms with Gasteiger partial charge >= 0.3 is 0 Å². The molecule has 3 N–H and O–H groups in total. The first kappa shape index (κ1) is 14.9. The van der Waals surface area contributed by atoms with Crippen molar-refractivity contribution in [2.75, 3.05) is 0 Å². The van der Waals surface area contributed by atoms with Gasteiger partial charge in [-0.1, -0.05) is 17.7 Å². The number of hydrogen-bond donors (Lipinski definition) is 3. The second-order valence-corrected chi connectivity index (χ2v) is 6.07. The van der Waals surface area contributed by atoms with Gasteiger partial charge in [-0.3, -0.25) is 0 Å². The van der Waals surface area contributed by atoms with Crippen LogP contribution in [0.4, 0.5) is 0 Å². The first-order chi connectivity index (χ1) is 9.88. The topological polar surface area (TPSA) is 99.0 Å². The molecule has 0 unspecified atom stereocenters. The maximum absolute atomic E-state index is 11.9. The zero-order valence-electron chi connectivity index (χ0n) is 11.2. The van der Waals surface area contributed by atoms with Crippen molar-refractivity contribution in [3.63, 3.8) is 0 Å². The van der Waals surface area contributed by atoms with Gasteiger partial charge in [0.1, 0.15) is 11.5 Å². The molecule has 0 radical (unpaired) electrons. The maximum atomic E-state index is 11.9. The number of hydrazone groups is 1. The molecule has 21 heavy (non-hydrogen) atoms. The van der Waals surface area contributed by atoms with Crippen LogP contribution in [0, 0.1) is 6.92 Å². The van der Waals surface area contributed by atoms with Crippen LogP contribution in [0.1, 0.15) is 11.1 Å². The Morgan fingerprint density at radius 1 is 1.10 bits per heavy atom. The number of nitrogens with zero attached hydrogens (tertiary/aromatic N) is 1. The van der Waals surface area contributed by atoms with Gasteiger partial charge in [-0.15, -0.1) is 0 Å². The third kappa shape index (κ3) is 3.73. The summed E-state index contributed by atoms with van der Waals surface area (Å²) >= 11 is 0. The van der Waals surface area contributed by atoms with Crippen LogP contribution in [0.3, 0.4) is 0 Å². The molecule has 110 valence electrons. The first-order valence-electron chi connectivity index (χ1n) is 6.02. The molecule has 7 heteroatoms. The molecular weight excluding hydrogens is 292 g/mol. The zero-order chi connectivity index (χ0) is 15.5. The number of hydrogen-bond acceptors (Lipinski definition) is 5. The summed E-state index contributed by atoms with van der Waals surface area (Å²) in [6.45, 7) is 1.85. The predicted octanol–water partition coefficient (Wildman–Crippen LogP) is 1.72. The molecule has 0 amide bonds. The maximum Gasteiger partial charge on any atom is 0.276 e. The fourth-order valence-corrected chi connectivity index (χ4v) is 2.37. The van der Waals surface area contributed by atoms with Crippen molar-refractivity contribution in [2.24, 2.45) is 5.10 Å². The van der Waals surface area contributed by atoms with Crippen molar-refractivity contribution in [3.05, 3.63) is 53.6 Å². The van der Waals surface area contributed by atoms with E-state index in [0.29, 0.717) is 0 Å². The summed E-state index contributed by atoms with van der Waals surface area (Å²) in [5, 5.41) is 22.4. The number of phenols is 2. The van der Waals surface area contributed by atoms with Gasteiger partial charge < -0.3 is 10.2 Å². The number of phenolic OH excluding ortho intramolecular Hbond substituents is 2. The average Bonchev–Trinajstić information content (AvgIpc) is 2.43. The second-order valence-electron chi connectivity index (χ2n) is 4.41. The Kier molecular flexibility index (Phi) is 4.13. The molecule has 0 aliphatic rings. The van der Waals surface area contributed by atoms with Crippen LogP contribution in [0.15, 0.2) is 52.5 Å². The number of aryl methyl sites for hydroxylation is 1. The SMILES string of the molecule is Cc1ccc(S(=O)(=O)N/N=C/c2cc(O)ccc2O)cc1. The minimum absolute atomic E-state index is 0.0596. The van der Waals surface area contributed by atoms with Crippen molar-refractivity contribution in [3.8, 4) is 11.5 Å². The highest BCUT2D eigenvalue weighted by Crippen LogP contribution is 2.20. The summed E-state index contributed by atoms with van der Waals surface area (Å²) in [4.78, 5) is 2.13. The number of rotatable bonds is 4. The van der Waals surface area contributed by atoms with Crippen LogP contribution in [0.5, 0.6) is 11.5 Å².